The smallest absolute Gasteiger partial charge is 0.324 e. The Labute approximate surface area is 124 Å². The Balaban J connectivity index is 2.60. The molecule has 0 spiro atoms. The number of carbonyl (C=O) groups is 2. The zero-order valence-electron chi connectivity index (χ0n) is 12.2. The van der Waals surface area contributed by atoms with Gasteiger partial charge < -0.3 is 9.84 Å². The van der Waals surface area contributed by atoms with Gasteiger partial charge in [0.15, 0.2) is 0 Å². The van der Waals surface area contributed by atoms with Crippen molar-refractivity contribution >= 4 is 22.1 Å². The van der Waals surface area contributed by atoms with Crippen LogP contribution < -0.4 is 4.72 Å². The number of aliphatic carboxylic acids is 1. The summed E-state index contributed by atoms with van der Waals surface area (Å²) in [4.78, 5) is 22.4. The molecule has 0 amide bonds. The molecule has 1 heterocycles. The monoisotopic (exact) mass is 322 g/mol. The number of nitrogens with one attached hydrogen (secondary N) is 1. The lowest BCUT2D eigenvalue weighted by Crippen LogP contribution is -2.47. The van der Waals surface area contributed by atoms with Crippen LogP contribution in [0.1, 0.15) is 33.1 Å². The molecule has 0 aromatic carbocycles. The minimum atomic E-state index is -3.80. The van der Waals surface area contributed by atoms with Crippen molar-refractivity contribution in [3.05, 3.63) is 0 Å². The van der Waals surface area contributed by atoms with Crippen LogP contribution in [0.2, 0.25) is 0 Å². The highest BCUT2D eigenvalue weighted by atomic mass is 32.2. The van der Waals surface area contributed by atoms with Crippen molar-refractivity contribution < 1.29 is 27.9 Å². The van der Waals surface area contributed by atoms with Crippen molar-refractivity contribution in [3.63, 3.8) is 0 Å². The maximum atomic E-state index is 12.2. The Hall–Kier alpha value is -1.19. The first-order chi connectivity index (χ1) is 9.79. The number of hydrogen-bond acceptors (Lipinski definition) is 5. The van der Waals surface area contributed by atoms with Crippen molar-refractivity contribution in [2.45, 2.75) is 39.2 Å². The fraction of sp³-hybridized carbons (Fsp3) is 0.833. The van der Waals surface area contributed by atoms with E-state index in [4.69, 9.17) is 9.84 Å². The van der Waals surface area contributed by atoms with Gasteiger partial charge in [0.05, 0.1) is 12.5 Å². The number of nitrogens with zero attached hydrogens (tertiary/aromatic N) is 1. The molecule has 2 unspecified atom stereocenters. The van der Waals surface area contributed by atoms with Crippen molar-refractivity contribution in [3.8, 4) is 0 Å². The molecule has 0 bridgehead atoms. The van der Waals surface area contributed by atoms with Gasteiger partial charge in [-0.05, 0) is 26.2 Å². The molecule has 0 radical (unpaired) electrons. The molecule has 1 aliphatic heterocycles. The van der Waals surface area contributed by atoms with Crippen molar-refractivity contribution in [2.75, 3.05) is 19.7 Å². The number of hydrogen-bond donors (Lipinski definition) is 2. The molecule has 8 nitrogen and oxygen atoms in total. The number of carboxylic acids is 1. The number of carboxylic acid groups (broad SMARTS) is 1. The highest BCUT2D eigenvalue weighted by Crippen LogP contribution is 2.21. The second kappa shape index (κ2) is 7.71. The fourth-order valence-electron chi connectivity index (χ4n) is 2.11. The predicted octanol–water partition coefficient (Wildman–Crippen LogP) is -0.0409. The fourth-order valence-corrected chi connectivity index (χ4v) is 3.55. The summed E-state index contributed by atoms with van der Waals surface area (Å²) in [6, 6.07) is -0.792. The van der Waals surface area contributed by atoms with Crippen LogP contribution in [0.15, 0.2) is 0 Å². The minimum absolute atomic E-state index is 0.0157. The standard InChI is InChI=1S/C12H22N2O6S/c1-3-20-12(17)10-5-4-8-14(10)21(18,19)13-7-6-9(2)11(15)16/h9-10,13H,3-8H2,1-2H3,(H,15,16). The van der Waals surface area contributed by atoms with E-state index in [2.05, 4.69) is 4.72 Å². The lowest BCUT2D eigenvalue weighted by Gasteiger charge is -2.22. The molecule has 0 saturated carbocycles. The average molecular weight is 322 g/mol. The number of carbonyl (C=O) groups excluding carboxylic acids is 1. The Morgan fingerprint density at radius 2 is 2.14 bits per heavy atom. The van der Waals surface area contributed by atoms with Gasteiger partial charge in [-0.2, -0.15) is 12.7 Å². The molecule has 2 atom stereocenters. The zero-order chi connectivity index (χ0) is 16.0. The summed E-state index contributed by atoms with van der Waals surface area (Å²) in [6.45, 7) is 3.65. The highest BCUT2D eigenvalue weighted by Gasteiger charge is 2.39. The highest BCUT2D eigenvalue weighted by molar-refractivity contribution is 7.87. The molecule has 1 saturated heterocycles. The Morgan fingerprint density at radius 1 is 1.48 bits per heavy atom. The van der Waals surface area contributed by atoms with E-state index in [1.54, 1.807) is 6.92 Å². The quantitative estimate of drug-likeness (QED) is 0.606. The lowest BCUT2D eigenvalue weighted by molar-refractivity contribution is -0.147. The van der Waals surface area contributed by atoms with Gasteiger partial charge >= 0.3 is 11.9 Å². The van der Waals surface area contributed by atoms with Gasteiger partial charge in [0, 0.05) is 13.1 Å². The molecule has 21 heavy (non-hydrogen) atoms. The van der Waals surface area contributed by atoms with E-state index < -0.39 is 34.1 Å². The largest absolute Gasteiger partial charge is 0.481 e. The summed E-state index contributed by atoms with van der Waals surface area (Å²) in [5.74, 6) is -2.15. The van der Waals surface area contributed by atoms with E-state index in [0.717, 1.165) is 4.31 Å². The van der Waals surface area contributed by atoms with Crippen LogP contribution in [-0.2, 0) is 24.5 Å². The maximum absolute atomic E-state index is 12.2. The molecule has 9 heteroatoms. The van der Waals surface area contributed by atoms with Crippen LogP contribution in [0.4, 0.5) is 0 Å². The van der Waals surface area contributed by atoms with Gasteiger partial charge in [0.25, 0.3) is 10.2 Å². The molecule has 0 aromatic heterocycles. The number of esters is 1. The van der Waals surface area contributed by atoms with E-state index in [9.17, 15) is 18.0 Å². The topological polar surface area (TPSA) is 113 Å². The molecule has 1 rings (SSSR count). The van der Waals surface area contributed by atoms with Crippen LogP contribution in [0.5, 0.6) is 0 Å². The summed E-state index contributed by atoms with van der Waals surface area (Å²) in [6.07, 6.45) is 1.22. The molecule has 1 aliphatic rings. The van der Waals surface area contributed by atoms with Gasteiger partial charge in [-0.15, -0.1) is 0 Å². The van der Waals surface area contributed by atoms with Crippen LogP contribution in [0, 0.1) is 5.92 Å². The third-order valence-electron chi connectivity index (χ3n) is 3.35. The van der Waals surface area contributed by atoms with Crippen molar-refractivity contribution in [1.82, 2.24) is 9.03 Å². The summed E-state index contributed by atoms with van der Waals surface area (Å²) < 4.78 is 32.6. The molecule has 0 aliphatic carbocycles. The number of rotatable bonds is 8. The van der Waals surface area contributed by atoms with Crippen LogP contribution in [0.3, 0.4) is 0 Å². The predicted molar refractivity (Wildman–Crippen MR) is 74.7 cm³/mol. The van der Waals surface area contributed by atoms with E-state index in [1.807, 2.05) is 0 Å². The van der Waals surface area contributed by atoms with Gasteiger partial charge in [-0.3, -0.25) is 9.59 Å². The molecular weight excluding hydrogens is 300 g/mol. The van der Waals surface area contributed by atoms with Gasteiger partial charge in [-0.25, -0.2) is 4.72 Å². The second-order valence-electron chi connectivity index (χ2n) is 4.95. The molecule has 0 aromatic rings. The maximum Gasteiger partial charge on any atom is 0.324 e. The lowest BCUT2D eigenvalue weighted by atomic mass is 10.1. The van der Waals surface area contributed by atoms with Crippen LogP contribution >= 0.6 is 0 Å². The summed E-state index contributed by atoms with van der Waals surface area (Å²) in [5, 5.41) is 8.75. The molecule has 2 N–H and O–H groups in total. The van der Waals surface area contributed by atoms with Gasteiger partial charge in [0.2, 0.25) is 0 Å². The Kier molecular flexibility index (Phi) is 6.56. The third kappa shape index (κ3) is 4.94. The van der Waals surface area contributed by atoms with E-state index in [0.29, 0.717) is 12.8 Å². The van der Waals surface area contributed by atoms with E-state index in [-0.39, 0.29) is 26.1 Å². The van der Waals surface area contributed by atoms with Gasteiger partial charge in [-0.1, -0.05) is 6.92 Å². The minimum Gasteiger partial charge on any atom is -0.481 e. The average Bonchev–Trinajstić information content (AvgIpc) is 2.88. The van der Waals surface area contributed by atoms with E-state index >= 15 is 0 Å². The second-order valence-corrected chi connectivity index (χ2v) is 6.66. The first kappa shape index (κ1) is 17.9. The molecule has 1 fully saturated rings. The third-order valence-corrected chi connectivity index (χ3v) is 4.98. The summed E-state index contributed by atoms with van der Waals surface area (Å²) in [7, 11) is -3.80. The summed E-state index contributed by atoms with van der Waals surface area (Å²) >= 11 is 0. The Bertz CT molecular complexity index is 478. The molecule has 122 valence electrons. The van der Waals surface area contributed by atoms with Crippen LogP contribution in [0.25, 0.3) is 0 Å². The van der Waals surface area contributed by atoms with E-state index in [1.165, 1.54) is 6.92 Å². The van der Waals surface area contributed by atoms with Crippen molar-refractivity contribution in [1.29, 1.82) is 0 Å². The molecular formula is C12H22N2O6S. The van der Waals surface area contributed by atoms with Gasteiger partial charge in [0.1, 0.15) is 6.04 Å². The zero-order valence-corrected chi connectivity index (χ0v) is 13.1. The normalized spacial score (nSPS) is 21.1. The SMILES string of the molecule is CCOC(=O)C1CCCN1S(=O)(=O)NCCC(C)C(=O)O. The van der Waals surface area contributed by atoms with Crippen LogP contribution in [-0.4, -0.2) is 55.5 Å². The summed E-state index contributed by atoms with van der Waals surface area (Å²) in [5.41, 5.74) is 0. The number of ether oxygens (including phenoxy) is 1. The first-order valence-corrected chi connectivity index (χ1v) is 8.39. The van der Waals surface area contributed by atoms with Crippen molar-refractivity contribution in [2.24, 2.45) is 5.92 Å². The Morgan fingerprint density at radius 3 is 2.71 bits per heavy atom. The first-order valence-electron chi connectivity index (χ1n) is 6.95.